The van der Waals surface area contributed by atoms with Gasteiger partial charge in [0.2, 0.25) is 0 Å². The summed E-state index contributed by atoms with van der Waals surface area (Å²) in [7, 11) is 0. The molecule has 0 bridgehead atoms. The molecule has 0 fully saturated rings. The lowest BCUT2D eigenvalue weighted by Crippen LogP contribution is -2.06. The topological polar surface area (TPSA) is 57.5 Å². The van der Waals surface area contributed by atoms with Crippen molar-refractivity contribution in [2.75, 3.05) is 0 Å². The number of allylic oxidation sites excluding steroid dienone is 6. The highest BCUT2D eigenvalue weighted by Crippen LogP contribution is 2.26. The third kappa shape index (κ3) is 4.21. The molecule has 2 N–H and O–H groups in total. The Bertz CT molecular complexity index is 619. The first-order chi connectivity index (χ1) is 10.0. The van der Waals surface area contributed by atoms with E-state index in [0.717, 1.165) is 5.57 Å². The number of carbonyl (C=O) groups is 1. The zero-order valence-corrected chi connectivity index (χ0v) is 12.3. The first-order valence-electron chi connectivity index (χ1n) is 6.75. The van der Waals surface area contributed by atoms with Crippen molar-refractivity contribution in [1.82, 2.24) is 0 Å². The largest absolute Gasteiger partial charge is 0.508 e. The molecule has 0 radical (unpaired) electrons. The second-order valence-electron chi connectivity index (χ2n) is 4.50. The minimum absolute atomic E-state index is 0.00816. The first-order valence-corrected chi connectivity index (χ1v) is 6.75. The second kappa shape index (κ2) is 7.90. The Labute approximate surface area is 125 Å². The van der Waals surface area contributed by atoms with E-state index in [-0.39, 0.29) is 11.3 Å². The van der Waals surface area contributed by atoms with Crippen LogP contribution in [0.15, 0.2) is 55.2 Å². The monoisotopic (exact) mass is 284 g/mol. The molecule has 0 amide bonds. The van der Waals surface area contributed by atoms with Crippen molar-refractivity contribution in [3.8, 4) is 0 Å². The summed E-state index contributed by atoms with van der Waals surface area (Å²) in [6.45, 7) is 7.30. The van der Waals surface area contributed by atoms with Gasteiger partial charge >= 0.3 is 5.97 Å². The highest BCUT2D eigenvalue weighted by Gasteiger charge is 2.18. The summed E-state index contributed by atoms with van der Waals surface area (Å²) in [6.07, 6.45) is 9.25. The van der Waals surface area contributed by atoms with Crippen molar-refractivity contribution in [1.29, 1.82) is 0 Å². The summed E-state index contributed by atoms with van der Waals surface area (Å²) < 4.78 is 0. The summed E-state index contributed by atoms with van der Waals surface area (Å²) in [5.74, 6) is -1.07. The van der Waals surface area contributed by atoms with E-state index < -0.39 is 5.97 Å². The van der Waals surface area contributed by atoms with Gasteiger partial charge in [-0.05, 0) is 30.6 Å². The maximum absolute atomic E-state index is 11.6. The predicted molar refractivity (Wildman–Crippen MR) is 87.3 cm³/mol. The van der Waals surface area contributed by atoms with Gasteiger partial charge in [-0.3, -0.25) is 0 Å². The van der Waals surface area contributed by atoms with Crippen LogP contribution in [0.1, 0.15) is 41.8 Å². The molecule has 3 nitrogen and oxygen atoms in total. The number of carboxylic acid groups (broad SMARTS) is 1. The lowest BCUT2D eigenvalue weighted by atomic mass is 9.94. The summed E-state index contributed by atoms with van der Waals surface area (Å²) in [6, 6.07) is 5.09. The van der Waals surface area contributed by atoms with Crippen LogP contribution < -0.4 is 0 Å². The van der Waals surface area contributed by atoms with Crippen LogP contribution in [0.25, 0.3) is 11.3 Å². The van der Waals surface area contributed by atoms with Crippen molar-refractivity contribution in [2.45, 2.75) is 20.3 Å². The van der Waals surface area contributed by atoms with Crippen LogP contribution in [0.5, 0.6) is 0 Å². The molecular formula is C18H20O3. The van der Waals surface area contributed by atoms with Crippen LogP contribution in [0.2, 0.25) is 0 Å². The molecule has 0 aliphatic rings. The standard InChI is InChI=1S/C18H20O3/c1-4-6-7-10-13(3)14-11-8-12-15(16(19)9-5-2)17(14)18(20)21/h4,6-12,19H,1,5H2,2-3H3,(H,20,21)/b7-6-,13-10+,16-9+. The smallest absolute Gasteiger partial charge is 0.337 e. The highest BCUT2D eigenvalue weighted by molar-refractivity contribution is 5.98. The minimum Gasteiger partial charge on any atom is -0.508 e. The van der Waals surface area contributed by atoms with Gasteiger partial charge in [0.15, 0.2) is 0 Å². The number of aliphatic hydroxyl groups excluding tert-OH is 1. The van der Waals surface area contributed by atoms with Gasteiger partial charge in [-0.2, -0.15) is 0 Å². The van der Waals surface area contributed by atoms with Crippen molar-refractivity contribution in [3.05, 3.63) is 71.8 Å². The number of carboxylic acids is 1. The Balaban J connectivity index is 3.47. The summed E-state index contributed by atoms with van der Waals surface area (Å²) in [5, 5.41) is 19.5. The fourth-order valence-corrected chi connectivity index (χ4v) is 2.00. The maximum Gasteiger partial charge on any atom is 0.337 e. The Morgan fingerprint density at radius 3 is 2.48 bits per heavy atom. The number of hydrogen-bond acceptors (Lipinski definition) is 2. The Kier molecular flexibility index (Phi) is 6.21. The molecule has 0 aromatic heterocycles. The molecule has 1 rings (SSSR count). The third-order valence-electron chi connectivity index (χ3n) is 2.97. The molecule has 0 heterocycles. The van der Waals surface area contributed by atoms with E-state index in [1.54, 1.807) is 42.5 Å². The lowest BCUT2D eigenvalue weighted by Gasteiger charge is -2.11. The fraction of sp³-hybridized carbons (Fsp3) is 0.167. The van der Waals surface area contributed by atoms with Crippen LogP contribution in [-0.2, 0) is 0 Å². The normalized spacial score (nSPS) is 12.7. The van der Waals surface area contributed by atoms with Gasteiger partial charge in [0, 0.05) is 5.56 Å². The number of aliphatic hydroxyl groups is 1. The SMILES string of the molecule is C=C/C=C\C=C(/C)c1cccc(/C(O)=C\CC)c1C(=O)O. The number of hydrogen-bond donors (Lipinski definition) is 2. The van der Waals surface area contributed by atoms with E-state index in [9.17, 15) is 15.0 Å². The van der Waals surface area contributed by atoms with E-state index in [2.05, 4.69) is 6.58 Å². The molecule has 21 heavy (non-hydrogen) atoms. The van der Waals surface area contributed by atoms with Crippen molar-refractivity contribution in [2.24, 2.45) is 0 Å². The molecular weight excluding hydrogens is 264 g/mol. The maximum atomic E-state index is 11.6. The molecule has 0 unspecified atom stereocenters. The van der Waals surface area contributed by atoms with Gasteiger partial charge in [0.05, 0.1) is 5.56 Å². The van der Waals surface area contributed by atoms with Crippen LogP contribution in [0, 0.1) is 0 Å². The number of benzene rings is 1. The van der Waals surface area contributed by atoms with Gasteiger partial charge in [0.25, 0.3) is 0 Å². The van der Waals surface area contributed by atoms with E-state index >= 15 is 0 Å². The van der Waals surface area contributed by atoms with Gasteiger partial charge < -0.3 is 10.2 Å². The molecule has 0 saturated heterocycles. The first kappa shape index (κ1) is 16.5. The van der Waals surface area contributed by atoms with E-state index in [1.165, 1.54) is 0 Å². The summed E-state index contributed by atoms with van der Waals surface area (Å²) in [4.78, 5) is 11.6. The lowest BCUT2D eigenvalue weighted by molar-refractivity contribution is 0.0695. The molecule has 0 spiro atoms. The van der Waals surface area contributed by atoms with Crippen molar-refractivity contribution in [3.63, 3.8) is 0 Å². The minimum atomic E-state index is -1.06. The summed E-state index contributed by atoms with van der Waals surface area (Å²) >= 11 is 0. The van der Waals surface area contributed by atoms with Gasteiger partial charge in [-0.1, -0.05) is 56.0 Å². The zero-order valence-electron chi connectivity index (χ0n) is 12.3. The molecule has 0 atom stereocenters. The van der Waals surface area contributed by atoms with Crippen LogP contribution in [0.3, 0.4) is 0 Å². The highest BCUT2D eigenvalue weighted by atomic mass is 16.4. The van der Waals surface area contributed by atoms with Crippen molar-refractivity contribution < 1.29 is 15.0 Å². The number of rotatable bonds is 6. The van der Waals surface area contributed by atoms with Crippen LogP contribution >= 0.6 is 0 Å². The Morgan fingerprint density at radius 1 is 1.24 bits per heavy atom. The van der Waals surface area contributed by atoms with E-state index in [4.69, 9.17) is 0 Å². The van der Waals surface area contributed by atoms with E-state index in [1.807, 2.05) is 19.9 Å². The van der Waals surface area contributed by atoms with Crippen LogP contribution in [-0.4, -0.2) is 16.2 Å². The summed E-state index contributed by atoms with van der Waals surface area (Å²) in [5.41, 5.74) is 1.84. The van der Waals surface area contributed by atoms with Gasteiger partial charge in [-0.15, -0.1) is 0 Å². The molecule has 3 heteroatoms. The van der Waals surface area contributed by atoms with Crippen LogP contribution in [0.4, 0.5) is 0 Å². The Morgan fingerprint density at radius 2 is 1.90 bits per heavy atom. The molecule has 0 aliphatic carbocycles. The molecule has 0 saturated carbocycles. The molecule has 0 aliphatic heterocycles. The fourth-order valence-electron chi connectivity index (χ4n) is 2.00. The predicted octanol–water partition coefficient (Wildman–Crippen LogP) is 4.84. The average Bonchev–Trinajstić information content (AvgIpc) is 2.46. The molecule has 1 aromatic rings. The molecule has 110 valence electrons. The van der Waals surface area contributed by atoms with Gasteiger partial charge in [0.1, 0.15) is 5.76 Å². The third-order valence-corrected chi connectivity index (χ3v) is 2.97. The zero-order chi connectivity index (χ0) is 15.8. The quantitative estimate of drug-likeness (QED) is 0.580. The average molecular weight is 284 g/mol. The van der Waals surface area contributed by atoms with E-state index in [0.29, 0.717) is 17.5 Å². The Hall–Kier alpha value is -2.55. The molecule has 1 aromatic carbocycles. The van der Waals surface area contributed by atoms with Gasteiger partial charge in [-0.25, -0.2) is 4.79 Å². The second-order valence-corrected chi connectivity index (χ2v) is 4.50. The number of aromatic carboxylic acids is 1. The van der Waals surface area contributed by atoms with Crippen molar-refractivity contribution >= 4 is 17.3 Å².